The van der Waals surface area contributed by atoms with Crippen molar-refractivity contribution >= 4 is 0 Å². The van der Waals surface area contributed by atoms with E-state index in [1.54, 1.807) is 30.8 Å². The van der Waals surface area contributed by atoms with E-state index in [-0.39, 0.29) is 0 Å². The van der Waals surface area contributed by atoms with Crippen molar-refractivity contribution in [3.8, 4) is 23.0 Å². The standard InChI is InChI=1S/C11H8N4O2/c1-7-12-5-8(6-13-7)10-14-11(17-15-10)9-3-2-4-16-9/h2-6H,1H3. The molecule has 0 atom stereocenters. The zero-order valence-corrected chi connectivity index (χ0v) is 8.99. The average Bonchev–Trinajstić information content (AvgIpc) is 3.00. The van der Waals surface area contributed by atoms with Gasteiger partial charge in [0, 0.05) is 12.4 Å². The summed E-state index contributed by atoms with van der Waals surface area (Å²) in [5.74, 6) is 2.02. The van der Waals surface area contributed by atoms with E-state index >= 15 is 0 Å². The molecule has 0 saturated carbocycles. The Bertz CT molecular complexity index is 613. The molecule has 0 aliphatic carbocycles. The van der Waals surface area contributed by atoms with Gasteiger partial charge in [-0.25, -0.2) is 9.97 Å². The Balaban J connectivity index is 1.98. The minimum atomic E-state index is 0.338. The lowest BCUT2D eigenvalue weighted by atomic mass is 10.3. The molecule has 3 heterocycles. The minimum Gasteiger partial charge on any atom is -0.459 e. The van der Waals surface area contributed by atoms with Crippen LogP contribution in [-0.4, -0.2) is 20.1 Å². The molecule has 6 nitrogen and oxygen atoms in total. The van der Waals surface area contributed by atoms with Crippen LogP contribution in [0.25, 0.3) is 23.0 Å². The van der Waals surface area contributed by atoms with Gasteiger partial charge in [-0.15, -0.1) is 0 Å². The van der Waals surface area contributed by atoms with Crippen molar-refractivity contribution in [1.82, 2.24) is 20.1 Å². The van der Waals surface area contributed by atoms with Crippen molar-refractivity contribution < 1.29 is 8.94 Å². The SMILES string of the molecule is Cc1ncc(-c2noc(-c3ccco3)n2)cn1. The fourth-order valence-electron chi connectivity index (χ4n) is 1.35. The summed E-state index contributed by atoms with van der Waals surface area (Å²) >= 11 is 0. The Morgan fingerprint density at radius 1 is 1.18 bits per heavy atom. The van der Waals surface area contributed by atoms with Crippen LogP contribution in [-0.2, 0) is 0 Å². The van der Waals surface area contributed by atoms with Gasteiger partial charge in [0.15, 0.2) is 5.76 Å². The number of hydrogen-bond donors (Lipinski definition) is 0. The summed E-state index contributed by atoms with van der Waals surface area (Å²) in [6.07, 6.45) is 4.85. The Morgan fingerprint density at radius 3 is 2.71 bits per heavy atom. The molecule has 0 aliphatic heterocycles. The number of furan rings is 1. The van der Waals surface area contributed by atoms with Crippen molar-refractivity contribution in [1.29, 1.82) is 0 Å². The van der Waals surface area contributed by atoms with E-state index < -0.39 is 0 Å². The molecule has 0 saturated heterocycles. The van der Waals surface area contributed by atoms with Gasteiger partial charge in [-0.3, -0.25) is 0 Å². The van der Waals surface area contributed by atoms with Gasteiger partial charge >= 0.3 is 0 Å². The molecule has 84 valence electrons. The lowest BCUT2D eigenvalue weighted by Crippen LogP contribution is -1.88. The van der Waals surface area contributed by atoms with Crippen LogP contribution >= 0.6 is 0 Å². The molecular formula is C11H8N4O2. The first kappa shape index (κ1) is 9.71. The molecule has 0 amide bonds. The molecule has 3 aromatic heterocycles. The molecule has 0 fully saturated rings. The van der Waals surface area contributed by atoms with E-state index in [9.17, 15) is 0 Å². The van der Waals surface area contributed by atoms with Gasteiger partial charge in [0.05, 0.1) is 11.8 Å². The van der Waals surface area contributed by atoms with Crippen LogP contribution in [0.5, 0.6) is 0 Å². The monoisotopic (exact) mass is 228 g/mol. The molecule has 0 spiro atoms. The minimum absolute atomic E-state index is 0.338. The first-order chi connectivity index (χ1) is 8.33. The van der Waals surface area contributed by atoms with Gasteiger partial charge < -0.3 is 8.94 Å². The van der Waals surface area contributed by atoms with Gasteiger partial charge in [-0.2, -0.15) is 4.98 Å². The molecule has 0 unspecified atom stereocenters. The van der Waals surface area contributed by atoms with E-state index in [0.717, 1.165) is 0 Å². The maximum absolute atomic E-state index is 5.16. The smallest absolute Gasteiger partial charge is 0.293 e. The van der Waals surface area contributed by atoms with Crippen LogP contribution in [0.3, 0.4) is 0 Å². The van der Waals surface area contributed by atoms with E-state index in [4.69, 9.17) is 8.94 Å². The molecule has 0 radical (unpaired) electrons. The largest absolute Gasteiger partial charge is 0.459 e. The van der Waals surface area contributed by atoms with Crippen molar-refractivity contribution in [2.75, 3.05) is 0 Å². The summed E-state index contributed by atoms with van der Waals surface area (Å²) in [7, 11) is 0. The number of rotatable bonds is 2. The third-order valence-electron chi connectivity index (χ3n) is 2.20. The maximum atomic E-state index is 5.16. The summed E-state index contributed by atoms with van der Waals surface area (Å²) < 4.78 is 10.2. The quantitative estimate of drug-likeness (QED) is 0.668. The highest BCUT2D eigenvalue weighted by Crippen LogP contribution is 2.21. The zero-order valence-electron chi connectivity index (χ0n) is 8.99. The first-order valence-corrected chi connectivity index (χ1v) is 4.99. The summed E-state index contributed by atoms with van der Waals surface area (Å²) in [6, 6.07) is 3.51. The summed E-state index contributed by atoms with van der Waals surface area (Å²) in [5.41, 5.74) is 0.706. The molecule has 0 aliphatic rings. The summed E-state index contributed by atoms with van der Waals surface area (Å²) in [5, 5.41) is 3.85. The highest BCUT2D eigenvalue weighted by molar-refractivity contribution is 5.54. The molecular weight excluding hydrogens is 220 g/mol. The van der Waals surface area contributed by atoms with E-state index in [1.807, 2.05) is 6.92 Å². The fraction of sp³-hybridized carbons (Fsp3) is 0.0909. The zero-order chi connectivity index (χ0) is 11.7. The topological polar surface area (TPSA) is 77.8 Å². The molecule has 6 heteroatoms. The number of aromatic nitrogens is 4. The Morgan fingerprint density at radius 2 is 2.00 bits per heavy atom. The second-order valence-corrected chi connectivity index (χ2v) is 3.42. The number of nitrogens with zero attached hydrogens (tertiary/aromatic N) is 4. The van der Waals surface area contributed by atoms with E-state index in [1.165, 1.54) is 0 Å². The molecule has 0 N–H and O–H groups in total. The van der Waals surface area contributed by atoms with Gasteiger partial charge in [0.2, 0.25) is 5.82 Å². The molecule has 17 heavy (non-hydrogen) atoms. The fourth-order valence-corrected chi connectivity index (χ4v) is 1.35. The van der Waals surface area contributed by atoms with Crippen LogP contribution in [0, 0.1) is 6.92 Å². The van der Waals surface area contributed by atoms with Crippen LogP contribution in [0.15, 0.2) is 39.7 Å². The lowest BCUT2D eigenvalue weighted by molar-refractivity contribution is 0.417. The molecule has 0 bridgehead atoms. The Kier molecular flexibility index (Phi) is 2.18. The normalized spacial score (nSPS) is 10.6. The predicted molar refractivity (Wildman–Crippen MR) is 57.8 cm³/mol. The van der Waals surface area contributed by atoms with Crippen LogP contribution in [0.2, 0.25) is 0 Å². The maximum Gasteiger partial charge on any atom is 0.293 e. The highest BCUT2D eigenvalue weighted by Gasteiger charge is 2.12. The van der Waals surface area contributed by atoms with Crippen molar-refractivity contribution in [3.63, 3.8) is 0 Å². The Labute approximate surface area is 96.3 Å². The first-order valence-electron chi connectivity index (χ1n) is 4.99. The second-order valence-electron chi connectivity index (χ2n) is 3.42. The lowest BCUT2D eigenvalue weighted by Gasteiger charge is -1.92. The second kappa shape index (κ2) is 3.82. The highest BCUT2D eigenvalue weighted by atomic mass is 16.5. The third kappa shape index (κ3) is 1.80. The number of hydrogen-bond acceptors (Lipinski definition) is 6. The average molecular weight is 228 g/mol. The van der Waals surface area contributed by atoms with Gasteiger partial charge in [0.25, 0.3) is 5.89 Å². The van der Waals surface area contributed by atoms with Gasteiger partial charge in [-0.1, -0.05) is 5.16 Å². The number of aryl methyl sites for hydroxylation is 1. The third-order valence-corrected chi connectivity index (χ3v) is 2.20. The molecule has 0 aromatic carbocycles. The summed E-state index contributed by atoms with van der Waals surface area (Å²) in [6.45, 7) is 1.81. The Hall–Kier alpha value is -2.50. The van der Waals surface area contributed by atoms with Gasteiger partial charge in [0.1, 0.15) is 5.82 Å². The van der Waals surface area contributed by atoms with Crippen molar-refractivity contribution in [2.45, 2.75) is 6.92 Å². The van der Waals surface area contributed by atoms with Crippen molar-refractivity contribution in [2.24, 2.45) is 0 Å². The predicted octanol–water partition coefficient (Wildman–Crippen LogP) is 2.10. The summed E-state index contributed by atoms with van der Waals surface area (Å²) in [4.78, 5) is 12.3. The van der Waals surface area contributed by atoms with Gasteiger partial charge in [-0.05, 0) is 19.1 Å². The molecule has 3 aromatic rings. The van der Waals surface area contributed by atoms with E-state index in [0.29, 0.717) is 28.9 Å². The van der Waals surface area contributed by atoms with Crippen LogP contribution in [0.4, 0.5) is 0 Å². The van der Waals surface area contributed by atoms with Crippen LogP contribution in [0.1, 0.15) is 5.82 Å². The van der Waals surface area contributed by atoms with E-state index in [2.05, 4.69) is 20.1 Å². The van der Waals surface area contributed by atoms with Crippen molar-refractivity contribution in [3.05, 3.63) is 36.6 Å². The van der Waals surface area contributed by atoms with Crippen LogP contribution < -0.4 is 0 Å². The molecule has 3 rings (SSSR count).